The maximum Gasteiger partial charge on any atom is 0.229 e. The van der Waals surface area contributed by atoms with Crippen molar-refractivity contribution in [3.8, 4) is 6.07 Å². The zero-order chi connectivity index (χ0) is 16.2. The second-order valence-corrected chi connectivity index (χ2v) is 5.39. The van der Waals surface area contributed by atoms with Gasteiger partial charge in [0.2, 0.25) is 11.8 Å². The Morgan fingerprint density at radius 2 is 1.83 bits per heavy atom. The van der Waals surface area contributed by atoms with Gasteiger partial charge in [-0.1, -0.05) is 30.3 Å². The van der Waals surface area contributed by atoms with E-state index in [9.17, 15) is 9.59 Å². The average Bonchev–Trinajstić information content (AvgIpc) is 2.97. The maximum absolute atomic E-state index is 12.3. The Hall–Kier alpha value is -3.13. The van der Waals surface area contributed by atoms with Crippen LogP contribution in [-0.2, 0) is 9.59 Å². The molecule has 114 valence electrons. The number of rotatable bonds is 3. The molecule has 1 aliphatic heterocycles. The average molecular weight is 305 g/mol. The molecule has 5 nitrogen and oxygen atoms in total. The molecule has 1 aliphatic rings. The zero-order valence-corrected chi connectivity index (χ0v) is 12.4. The molecule has 1 fully saturated rings. The highest BCUT2D eigenvalue weighted by Crippen LogP contribution is 2.28. The fourth-order valence-corrected chi connectivity index (χ4v) is 2.69. The van der Waals surface area contributed by atoms with Crippen LogP contribution < -0.4 is 10.2 Å². The molecule has 3 rings (SSSR count). The van der Waals surface area contributed by atoms with E-state index in [1.165, 1.54) is 4.90 Å². The lowest BCUT2D eigenvalue weighted by Gasteiger charge is -2.17. The summed E-state index contributed by atoms with van der Waals surface area (Å²) >= 11 is 0. The number of para-hydroxylation sites is 2. The second kappa shape index (κ2) is 6.32. The first-order valence-corrected chi connectivity index (χ1v) is 7.34. The molecule has 2 aromatic carbocycles. The van der Waals surface area contributed by atoms with Crippen molar-refractivity contribution >= 4 is 23.2 Å². The normalized spacial score (nSPS) is 16.9. The zero-order valence-electron chi connectivity index (χ0n) is 12.4. The molecule has 1 unspecified atom stereocenters. The minimum atomic E-state index is -0.422. The van der Waals surface area contributed by atoms with Gasteiger partial charge in [-0.2, -0.15) is 5.26 Å². The van der Waals surface area contributed by atoms with Crippen molar-refractivity contribution in [3.63, 3.8) is 0 Å². The minimum Gasteiger partial charge on any atom is -0.326 e. The number of nitrogens with zero attached hydrogens (tertiary/aromatic N) is 2. The number of carbonyl (C=O) groups is 2. The summed E-state index contributed by atoms with van der Waals surface area (Å²) in [5.74, 6) is -0.739. The summed E-state index contributed by atoms with van der Waals surface area (Å²) < 4.78 is 0. The molecule has 0 aromatic heterocycles. The molecule has 1 heterocycles. The lowest BCUT2D eigenvalue weighted by atomic mass is 10.1. The van der Waals surface area contributed by atoms with Crippen molar-refractivity contribution in [1.82, 2.24) is 0 Å². The second-order valence-electron chi connectivity index (χ2n) is 5.39. The third-order valence-corrected chi connectivity index (χ3v) is 3.85. The van der Waals surface area contributed by atoms with Crippen molar-refractivity contribution in [1.29, 1.82) is 5.26 Å². The molecule has 0 radical (unpaired) electrons. The van der Waals surface area contributed by atoms with E-state index in [-0.39, 0.29) is 24.8 Å². The van der Waals surface area contributed by atoms with Gasteiger partial charge in [0.05, 0.1) is 17.2 Å². The number of carbonyl (C=O) groups excluding carboxylic acids is 2. The number of benzene rings is 2. The molecule has 0 aliphatic carbocycles. The summed E-state index contributed by atoms with van der Waals surface area (Å²) in [6.45, 7) is 0.288. The van der Waals surface area contributed by atoms with E-state index in [1.54, 1.807) is 36.4 Å². The van der Waals surface area contributed by atoms with Crippen LogP contribution in [0.5, 0.6) is 0 Å². The van der Waals surface area contributed by atoms with E-state index in [0.29, 0.717) is 16.9 Å². The molecule has 23 heavy (non-hydrogen) atoms. The van der Waals surface area contributed by atoms with E-state index in [0.717, 1.165) is 0 Å². The minimum absolute atomic E-state index is 0.138. The van der Waals surface area contributed by atoms with Crippen molar-refractivity contribution in [3.05, 3.63) is 60.2 Å². The molecular formula is C18H15N3O2. The highest BCUT2D eigenvalue weighted by Gasteiger charge is 2.35. The molecule has 0 bridgehead atoms. The maximum atomic E-state index is 12.3. The van der Waals surface area contributed by atoms with Crippen LogP contribution in [0.2, 0.25) is 0 Å². The molecule has 5 heteroatoms. The Morgan fingerprint density at radius 1 is 1.13 bits per heavy atom. The molecule has 0 saturated carbocycles. The van der Waals surface area contributed by atoms with Gasteiger partial charge in [-0.3, -0.25) is 9.59 Å². The number of nitriles is 1. The van der Waals surface area contributed by atoms with Crippen molar-refractivity contribution in [2.24, 2.45) is 5.92 Å². The Kier molecular flexibility index (Phi) is 4.07. The molecule has 2 amide bonds. The monoisotopic (exact) mass is 305 g/mol. The molecule has 1 atom stereocenters. The van der Waals surface area contributed by atoms with Crippen LogP contribution in [0.25, 0.3) is 0 Å². The van der Waals surface area contributed by atoms with Gasteiger partial charge in [0, 0.05) is 18.7 Å². The quantitative estimate of drug-likeness (QED) is 0.947. The summed E-state index contributed by atoms with van der Waals surface area (Å²) in [4.78, 5) is 26.1. The fourth-order valence-electron chi connectivity index (χ4n) is 2.69. The van der Waals surface area contributed by atoms with Gasteiger partial charge in [-0.25, -0.2) is 0 Å². The largest absolute Gasteiger partial charge is 0.326 e. The number of hydrogen-bond donors (Lipinski definition) is 1. The molecule has 1 saturated heterocycles. The summed E-state index contributed by atoms with van der Waals surface area (Å²) in [5.41, 5.74) is 1.71. The molecule has 2 aromatic rings. The third-order valence-electron chi connectivity index (χ3n) is 3.85. The van der Waals surface area contributed by atoms with Crippen LogP contribution in [0.4, 0.5) is 11.4 Å². The van der Waals surface area contributed by atoms with Gasteiger partial charge < -0.3 is 10.2 Å². The van der Waals surface area contributed by atoms with Crippen LogP contribution in [0, 0.1) is 17.2 Å². The van der Waals surface area contributed by atoms with Crippen LogP contribution in [0.3, 0.4) is 0 Å². The van der Waals surface area contributed by atoms with Crippen LogP contribution >= 0.6 is 0 Å². The predicted octanol–water partition coefficient (Wildman–Crippen LogP) is 2.55. The molecule has 1 N–H and O–H groups in total. The molecular weight excluding hydrogens is 290 g/mol. The number of anilines is 2. The first-order valence-electron chi connectivity index (χ1n) is 7.34. The van der Waals surface area contributed by atoms with Gasteiger partial charge >= 0.3 is 0 Å². The third kappa shape index (κ3) is 3.06. The van der Waals surface area contributed by atoms with Crippen molar-refractivity contribution in [2.45, 2.75) is 6.42 Å². The lowest BCUT2D eigenvalue weighted by molar-refractivity contribution is -0.122. The van der Waals surface area contributed by atoms with Gasteiger partial charge in [0.1, 0.15) is 6.07 Å². The summed E-state index contributed by atoms with van der Waals surface area (Å²) in [5, 5.41) is 12.0. The van der Waals surface area contributed by atoms with E-state index >= 15 is 0 Å². The number of nitrogens with one attached hydrogen (secondary N) is 1. The predicted molar refractivity (Wildman–Crippen MR) is 86.7 cm³/mol. The van der Waals surface area contributed by atoms with Gasteiger partial charge in [0.25, 0.3) is 0 Å². The first kappa shape index (κ1) is 14.8. The Balaban J connectivity index is 1.75. The smallest absolute Gasteiger partial charge is 0.229 e. The highest BCUT2D eigenvalue weighted by molar-refractivity contribution is 6.04. The standard InChI is InChI=1S/C18H15N3O2/c19-11-13-6-4-5-9-16(13)21-12-14(10-17(21)22)18(23)20-15-7-2-1-3-8-15/h1-9,14H,10,12H2,(H,20,23). The first-order chi connectivity index (χ1) is 11.2. The number of amides is 2. The SMILES string of the molecule is N#Cc1ccccc1N1CC(C(=O)Nc2ccccc2)CC1=O. The topological polar surface area (TPSA) is 73.2 Å². The highest BCUT2D eigenvalue weighted by atomic mass is 16.2. The van der Waals surface area contributed by atoms with Crippen molar-refractivity contribution in [2.75, 3.05) is 16.8 Å². The van der Waals surface area contributed by atoms with Gasteiger partial charge in [0.15, 0.2) is 0 Å². The Morgan fingerprint density at radius 3 is 2.57 bits per heavy atom. The van der Waals surface area contributed by atoms with Crippen LogP contribution in [-0.4, -0.2) is 18.4 Å². The van der Waals surface area contributed by atoms with Crippen molar-refractivity contribution < 1.29 is 9.59 Å². The van der Waals surface area contributed by atoms with Crippen LogP contribution in [0.1, 0.15) is 12.0 Å². The summed E-state index contributed by atoms with van der Waals surface area (Å²) in [6, 6.07) is 18.2. The number of hydrogen-bond acceptors (Lipinski definition) is 3. The van der Waals surface area contributed by atoms with Gasteiger partial charge in [-0.05, 0) is 24.3 Å². The van der Waals surface area contributed by atoms with E-state index in [4.69, 9.17) is 5.26 Å². The van der Waals surface area contributed by atoms with Gasteiger partial charge in [-0.15, -0.1) is 0 Å². The van der Waals surface area contributed by atoms with E-state index in [1.807, 2.05) is 18.2 Å². The van der Waals surface area contributed by atoms with E-state index < -0.39 is 5.92 Å². The van der Waals surface area contributed by atoms with E-state index in [2.05, 4.69) is 11.4 Å². The Labute approximate surface area is 134 Å². The fraction of sp³-hybridized carbons (Fsp3) is 0.167. The summed E-state index contributed by atoms with van der Waals surface area (Å²) in [6.07, 6.45) is 0.151. The van der Waals surface area contributed by atoms with Crippen LogP contribution in [0.15, 0.2) is 54.6 Å². The lowest BCUT2D eigenvalue weighted by Crippen LogP contribution is -2.28. The summed E-state index contributed by atoms with van der Waals surface area (Å²) in [7, 11) is 0. The molecule has 0 spiro atoms. The Bertz CT molecular complexity index is 780.